The summed E-state index contributed by atoms with van der Waals surface area (Å²) in [6.07, 6.45) is -2.42. The van der Waals surface area contributed by atoms with Gasteiger partial charge in [-0.25, -0.2) is 0 Å². The Hall–Kier alpha value is -0.820. The van der Waals surface area contributed by atoms with Gasteiger partial charge >= 0.3 is 6.18 Å². The first-order valence-electron chi connectivity index (χ1n) is 8.33. The van der Waals surface area contributed by atoms with Gasteiger partial charge in [-0.3, -0.25) is 4.79 Å². The smallest absolute Gasteiger partial charge is 0.365 e. The Balaban J connectivity index is 1.65. The Morgan fingerprint density at radius 2 is 1.70 bits per heavy atom. The van der Waals surface area contributed by atoms with E-state index in [1.54, 1.807) is 0 Å². The van der Waals surface area contributed by atoms with Gasteiger partial charge in [-0.15, -0.1) is 0 Å². The molecule has 0 spiro atoms. The van der Waals surface area contributed by atoms with Crippen molar-refractivity contribution in [2.75, 3.05) is 33.3 Å². The predicted molar refractivity (Wildman–Crippen MR) is 78.8 cm³/mol. The van der Waals surface area contributed by atoms with Crippen LogP contribution in [0.15, 0.2) is 0 Å². The Morgan fingerprint density at radius 1 is 1.17 bits per heavy atom. The van der Waals surface area contributed by atoms with Crippen LogP contribution in [0, 0.1) is 17.8 Å². The second-order valence-electron chi connectivity index (χ2n) is 7.56. The molecular formula is C16H25F3N2O2. The summed E-state index contributed by atoms with van der Waals surface area (Å²) < 4.78 is 43.9. The molecule has 132 valence electrons. The number of methoxy groups -OCH3 is 1. The molecule has 4 nitrogen and oxygen atoms in total. The molecular weight excluding hydrogens is 309 g/mol. The molecule has 2 bridgehead atoms. The fourth-order valence-electron chi connectivity index (χ4n) is 4.44. The highest BCUT2D eigenvalue weighted by Gasteiger charge is 2.64. The molecule has 0 radical (unpaired) electrons. The van der Waals surface area contributed by atoms with Gasteiger partial charge in [0.1, 0.15) is 0 Å². The van der Waals surface area contributed by atoms with Crippen molar-refractivity contribution in [2.45, 2.75) is 44.5 Å². The first kappa shape index (κ1) is 17.0. The quantitative estimate of drug-likeness (QED) is 0.793. The number of likely N-dealkylation sites (tertiary alicyclic amines) is 2. The van der Waals surface area contributed by atoms with Crippen molar-refractivity contribution in [3.05, 3.63) is 0 Å². The number of ether oxygens (including phenoxy) is 1. The van der Waals surface area contributed by atoms with Crippen LogP contribution in [0.2, 0.25) is 0 Å². The number of nitrogens with zero attached hydrogens (tertiary/aromatic N) is 2. The largest absolute Gasteiger partial charge is 0.420 e. The van der Waals surface area contributed by atoms with E-state index in [9.17, 15) is 18.0 Å². The molecule has 7 heteroatoms. The van der Waals surface area contributed by atoms with Gasteiger partial charge in [0.2, 0.25) is 5.91 Å². The number of amides is 1. The van der Waals surface area contributed by atoms with E-state index in [0.29, 0.717) is 6.04 Å². The lowest BCUT2D eigenvalue weighted by atomic mass is 9.81. The monoisotopic (exact) mass is 334 g/mol. The molecule has 1 amide bonds. The third kappa shape index (κ3) is 2.65. The average Bonchev–Trinajstić information content (AvgIpc) is 2.66. The normalized spacial score (nSPS) is 33.9. The third-order valence-corrected chi connectivity index (χ3v) is 5.99. The van der Waals surface area contributed by atoms with Gasteiger partial charge in [-0.05, 0) is 38.5 Å². The second-order valence-corrected chi connectivity index (χ2v) is 7.56. The van der Waals surface area contributed by atoms with Gasteiger partial charge in [-0.2, -0.15) is 13.2 Å². The Kier molecular flexibility index (Phi) is 4.16. The van der Waals surface area contributed by atoms with Gasteiger partial charge in [0.25, 0.3) is 0 Å². The molecule has 2 saturated heterocycles. The van der Waals surface area contributed by atoms with Crippen molar-refractivity contribution in [3.8, 4) is 0 Å². The number of hydrogen-bond donors (Lipinski definition) is 0. The highest BCUT2D eigenvalue weighted by atomic mass is 19.4. The van der Waals surface area contributed by atoms with E-state index in [0.717, 1.165) is 33.0 Å². The summed E-state index contributed by atoms with van der Waals surface area (Å²) in [5.41, 5.74) is -2.17. The van der Waals surface area contributed by atoms with E-state index in [-0.39, 0.29) is 36.8 Å². The number of alkyl halides is 3. The summed E-state index contributed by atoms with van der Waals surface area (Å²) in [5, 5.41) is 0. The Morgan fingerprint density at radius 3 is 2.09 bits per heavy atom. The van der Waals surface area contributed by atoms with Crippen LogP contribution >= 0.6 is 0 Å². The number of piperidine rings is 1. The van der Waals surface area contributed by atoms with Crippen LogP contribution in [0.1, 0.15) is 26.7 Å². The van der Waals surface area contributed by atoms with Crippen LogP contribution in [-0.2, 0) is 9.53 Å². The first-order valence-corrected chi connectivity index (χ1v) is 8.33. The zero-order chi connectivity index (χ0) is 17.0. The second kappa shape index (κ2) is 5.62. The number of halogens is 3. The molecule has 2 atom stereocenters. The molecule has 0 N–H and O–H groups in total. The van der Waals surface area contributed by atoms with Crippen molar-refractivity contribution in [1.29, 1.82) is 0 Å². The molecule has 3 rings (SSSR count). The molecule has 1 saturated carbocycles. The summed E-state index contributed by atoms with van der Waals surface area (Å²) in [6.45, 7) is 5.33. The van der Waals surface area contributed by atoms with Crippen LogP contribution in [0.25, 0.3) is 0 Å². The number of rotatable bonds is 3. The van der Waals surface area contributed by atoms with Crippen LogP contribution in [0.4, 0.5) is 13.2 Å². The van der Waals surface area contributed by atoms with Crippen molar-refractivity contribution in [1.82, 2.24) is 9.80 Å². The van der Waals surface area contributed by atoms with E-state index < -0.39 is 11.8 Å². The predicted octanol–water partition coefficient (Wildman–Crippen LogP) is 2.14. The molecule has 23 heavy (non-hydrogen) atoms. The van der Waals surface area contributed by atoms with Crippen LogP contribution < -0.4 is 0 Å². The molecule has 0 aromatic carbocycles. The average molecular weight is 334 g/mol. The zero-order valence-electron chi connectivity index (χ0n) is 13.9. The topological polar surface area (TPSA) is 32.8 Å². The maximum atomic E-state index is 13.1. The molecule has 2 heterocycles. The summed E-state index contributed by atoms with van der Waals surface area (Å²) in [7, 11) is 1.07. The van der Waals surface area contributed by atoms with E-state index in [4.69, 9.17) is 4.74 Å². The molecule has 3 aliphatic rings. The minimum absolute atomic E-state index is 0.0992. The van der Waals surface area contributed by atoms with Gasteiger partial charge in [-0.1, -0.05) is 0 Å². The summed E-state index contributed by atoms with van der Waals surface area (Å²) in [4.78, 5) is 16.5. The van der Waals surface area contributed by atoms with E-state index in [1.807, 2.05) is 0 Å². The SMILES string of the molecule is COC1(C(F)(F)F)CN(C(=O)C2C3CCC2CN(C(C)C)C3)C1. The lowest BCUT2D eigenvalue weighted by Crippen LogP contribution is -2.72. The maximum absolute atomic E-state index is 13.1. The Bertz CT molecular complexity index is 460. The van der Waals surface area contributed by atoms with E-state index in [1.165, 1.54) is 4.90 Å². The first-order chi connectivity index (χ1) is 10.7. The van der Waals surface area contributed by atoms with Crippen LogP contribution in [0.3, 0.4) is 0 Å². The van der Waals surface area contributed by atoms with Crippen molar-refractivity contribution >= 4 is 5.91 Å². The number of hydrogen-bond acceptors (Lipinski definition) is 3. The van der Waals surface area contributed by atoms with E-state index >= 15 is 0 Å². The lowest BCUT2D eigenvalue weighted by molar-refractivity contribution is -0.307. The molecule has 2 unspecified atom stereocenters. The maximum Gasteiger partial charge on any atom is 0.420 e. The number of carbonyl (C=O) groups excluding carboxylic acids is 1. The zero-order valence-corrected chi connectivity index (χ0v) is 13.9. The highest BCUT2D eigenvalue weighted by molar-refractivity contribution is 5.81. The number of carbonyl (C=O) groups is 1. The lowest BCUT2D eigenvalue weighted by Gasteiger charge is -2.51. The van der Waals surface area contributed by atoms with Crippen molar-refractivity contribution in [3.63, 3.8) is 0 Å². The van der Waals surface area contributed by atoms with Gasteiger partial charge in [0.15, 0.2) is 5.60 Å². The van der Waals surface area contributed by atoms with Crippen molar-refractivity contribution < 1.29 is 22.7 Å². The van der Waals surface area contributed by atoms with Crippen molar-refractivity contribution in [2.24, 2.45) is 17.8 Å². The summed E-state index contributed by atoms with van der Waals surface area (Å²) >= 11 is 0. The van der Waals surface area contributed by atoms with E-state index in [2.05, 4.69) is 18.7 Å². The molecule has 1 aliphatic carbocycles. The minimum Gasteiger partial charge on any atom is -0.365 e. The summed E-state index contributed by atoms with van der Waals surface area (Å²) in [5.74, 6) is 0.366. The molecule has 0 aromatic rings. The fraction of sp³-hybridized carbons (Fsp3) is 0.938. The summed E-state index contributed by atoms with van der Waals surface area (Å²) in [6, 6.07) is 0.449. The molecule has 0 aromatic heterocycles. The Labute approximate surface area is 134 Å². The van der Waals surface area contributed by atoms with Gasteiger partial charge < -0.3 is 14.5 Å². The van der Waals surface area contributed by atoms with Gasteiger partial charge in [0, 0.05) is 32.2 Å². The highest BCUT2D eigenvalue weighted by Crippen LogP contribution is 2.46. The third-order valence-electron chi connectivity index (χ3n) is 5.99. The number of fused-ring (bicyclic) bond motifs is 2. The van der Waals surface area contributed by atoms with Crippen LogP contribution in [0.5, 0.6) is 0 Å². The molecule has 2 aliphatic heterocycles. The standard InChI is InChI=1S/C16H25F3N2O2/c1-10(2)20-6-11-4-5-12(7-20)13(11)14(22)21-8-15(9-21,23-3)16(17,18)19/h10-13H,4-9H2,1-3H3. The minimum atomic E-state index is -4.43. The van der Waals surface area contributed by atoms with Gasteiger partial charge in [0.05, 0.1) is 13.1 Å². The fourth-order valence-corrected chi connectivity index (χ4v) is 4.44. The molecule has 3 fully saturated rings. The van der Waals surface area contributed by atoms with Crippen LogP contribution in [-0.4, -0.2) is 66.8 Å².